The number of rotatable bonds is 13. The predicted molar refractivity (Wildman–Crippen MR) is 133 cm³/mol. The molecule has 3 aliphatic rings. The largest absolute Gasteiger partial charge is 0.477 e. The lowest BCUT2D eigenvalue weighted by molar-refractivity contribution is -0.345. The second kappa shape index (κ2) is 15.2. The molecule has 11 atom stereocenters. The highest BCUT2D eigenvalue weighted by molar-refractivity contribution is 5.75. The van der Waals surface area contributed by atoms with E-state index in [0.29, 0.717) is 12.8 Å². The van der Waals surface area contributed by atoms with E-state index in [4.69, 9.17) is 33.2 Å². The van der Waals surface area contributed by atoms with Crippen LogP contribution < -0.4 is 10.6 Å². The van der Waals surface area contributed by atoms with Gasteiger partial charge in [-0.2, -0.15) is 0 Å². The van der Waals surface area contributed by atoms with Crippen LogP contribution in [0.25, 0.3) is 0 Å². The van der Waals surface area contributed by atoms with Gasteiger partial charge in [0.05, 0.1) is 13.2 Å². The van der Waals surface area contributed by atoms with Crippen molar-refractivity contribution in [1.82, 2.24) is 10.6 Å². The number of carboxylic acid groups (broad SMARTS) is 1. The molecular weight excluding hydrogens is 572 g/mol. The van der Waals surface area contributed by atoms with Gasteiger partial charge in [0.25, 0.3) is 5.79 Å². The minimum absolute atomic E-state index is 0.0135. The second-order valence-electron chi connectivity index (χ2n) is 9.80. The lowest BCUT2D eigenvalue weighted by atomic mass is 9.97. The number of carbonyl (C=O) groups excluding carboxylic acids is 2. The first kappa shape index (κ1) is 33.8. The number of aliphatic carboxylic acids is 1. The van der Waals surface area contributed by atoms with Gasteiger partial charge in [-0.3, -0.25) is 0 Å². The van der Waals surface area contributed by atoms with Crippen molar-refractivity contribution in [2.24, 2.45) is 0 Å². The molecule has 2 amide bonds. The summed E-state index contributed by atoms with van der Waals surface area (Å²) in [6, 6.07) is 0. The predicted octanol–water partition coefficient (Wildman–Crippen LogP) is -3.11. The van der Waals surface area contributed by atoms with Crippen LogP contribution in [0.4, 0.5) is 9.59 Å². The molecule has 0 aromatic heterocycles. The fourth-order valence-corrected chi connectivity index (χ4v) is 4.34. The smallest absolute Gasteiger partial charge is 0.407 e. The van der Waals surface area contributed by atoms with Gasteiger partial charge in [-0.1, -0.05) is 6.08 Å². The molecule has 3 saturated heterocycles. The average Bonchev–Trinajstić information content (AvgIpc) is 3.32. The van der Waals surface area contributed by atoms with Crippen LogP contribution >= 0.6 is 0 Å². The molecule has 0 aromatic carbocycles. The highest BCUT2D eigenvalue weighted by Crippen LogP contribution is 2.38. The molecule has 0 radical (unpaired) electrons. The van der Waals surface area contributed by atoms with E-state index in [1.165, 1.54) is 0 Å². The zero-order valence-electron chi connectivity index (χ0n) is 22.8. The number of allylic oxidation sites excluding steroid dienone is 1. The van der Waals surface area contributed by atoms with Crippen molar-refractivity contribution in [3.63, 3.8) is 0 Å². The maximum Gasteiger partial charge on any atom is 0.407 e. The first-order chi connectivity index (χ1) is 19.9. The molecule has 3 rings (SSSR count). The van der Waals surface area contributed by atoms with E-state index in [-0.39, 0.29) is 19.7 Å². The molecule has 0 aromatic rings. The first-order valence-electron chi connectivity index (χ1n) is 13.2. The molecule has 0 saturated carbocycles. The summed E-state index contributed by atoms with van der Waals surface area (Å²) in [6.07, 6.45) is -14.4. The number of fused-ring (bicyclic) bond motifs is 1. The Hall–Kier alpha value is -2.65. The average molecular weight is 611 g/mol. The third-order valence-electron chi connectivity index (χ3n) is 6.68. The highest BCUT2D eigenvalue weighted by atomic mass is 16.8. The Morgan fingerprint density at radius 3 is 2.21 bits per heavy atom. The standard InChI is InChI=1S/C24H38N2O16/c1-3-4-5-8-36-22(34)25-6-7-26-23(35)37-10-12-17(40-19-15(30)14(29)13(28)11(9-27)38-19)16(31)18-20(39-12)42-24(2,41-18)21(32)33/h3,11-20,27-31H,1,4-10H2,2H3,(H,25,34)(H,26,35)(H,32,33). The lowest BCUT2D eigenvalue weighted by Crippen LogP contribution is -2.64. The van der Waals surface area contributed by atoms with Crippen molar-refractivity contribution in [2.75, 3.05) is 32.9 Å². The number of nitrogens with one attached hydrogen (secondary N) is 2. The summed E-state index contributed by atoms with van der Waals surface area (Å²) < 4.78 is 37.5. The zero-order valence-corrected chi connectivity index (χ0v) is 22.8. The van der Waals surface area contributed by atoms with Crippen LogP contribution in [-0.2, 0) is 38.0 Å². The van der Waals surface area contributed by atoms with Crippen LogP contribution in [0.15, 0.2) is 12.7 Å². The van der Waals surface area contributed by atoms with E-state index in [9.17, 15) is 45.0 Å². The molecule has 240 valence electrons. The zero-order chi connectivity index (χ0) is 31.0. The number of aliphatic hydroxyl groups is 5. The van der Waals surface area contributed by atoms with Crippen molar-refractivity contribution in [2.45, 2.75) is 87.0 Å². The number of aliphatic hydroxyl groups excluding tert-OH is 5. The number of alkyl carbamates (subject to hydrolysis) is 2. The van der Waals surface area contributed by atoms with E-state index in [1.807, 2.05) is 0 Å². The molecule has 0 spiro atoms. The molecule has 42 heavy (non-hydrogen) atoms. The molecule has 3 heterocycles. The van der Waals surface area contributed by atoms with Crippen molar-refractivity contribution in [3.05, 3.63) is 12.7 Å². The van der Waals surface area contributed by atoms with Gasteiger partial charge >= 0.3 is 18.2 Å². The van der Waals surface area contributed by atoms with Crippen molar-refractivity contribution >= 4 is 18.2 Å². The van der Waals surface area contributed by atoms with Crippen LogP contribution in [0, 0.1) is 0 Å². The van der Waals surface area contributed by atoms with Crippen molar-refractivity contribution in [3.8, 4) is 0 Å². The Kier molecular flexibility index (Phi) is 12.2. The molecule has 0 bridgehead atoms. The summed E-state index contributed by atoms with van der Waals surface area (Å²) in [5, 5.41) is 65.3. The minimum atomic E-state index is -2.20. The third-order valence-corrected chi connectivity index (χ3v) is 6.68. The van der Waals surface area contributed by atoms with Gasteiger partial charge < -0.3 is 74.4 Å². The molecule has 11 unspecified atom stereocenters. The Balaban J connectivity index is 1.60. The Bertz CT molecular complexity index is 938. The van der Waals surface area contributed by atoms with Crippen molar-refractivity contribution < 1.29 is 78.2 Å². The van der Waals surface area contributed by atoms with Gasteiger partial charge in [0.1, 0.15) is 55.4 Å². The third kappa shape index (κ3) is 8.25. The minimum Gasteiger partial charge on any atom is -0.477 e. The van der Waals surface area contributed by atoms with E-state index in [1.54, 1.807) is 6.08 Å². The number of hydrogen-bond donors (Lipinski definition) is 8. The monoisotopic (exact) mass is 610 g/mol. The lowest BCUT2D eigenvalue weighted by Gasteiger charge is -2.45. The van der Waals surface area contributed by atoms with Crippen LogP contribution in [0.5, 0.6) is 0 Å². The van der Waals surface area contributed by atoms with Gasteiger partial charge in [-0.25, -0.2) is 14.4 Å². The maximum atomic E-state index is 12.3. The van der Waals surface area contributed by atoms with Crippen molar-refractivity contribution in [1.29, 1.82) is 0 Å². The second-order valence-corrected chi connectivity index (χ2v) is 9.80. The number of ether oxygens (including phenoxy) is 7. The topological polar surface area (TPSA) is 261 Å². The normalized spacial score (nSPS) is 37.8. The molecule has 3 fully saturated rings. The Morgan fingerprint density at radius 2 is 1.60 bits per heavy atom. The SMILES string of the molecule is C=CCCCOC(=O)NCCNC(=O)OCC1OC2OC(C)(C(=O)O)OC2C(O)C1OC1OC(CO)C(O)C(O)C1O. The van der Waals surface area contributed by atoms with E-state index in [2.05, 4.69) is 17.2 Å². The number of hydrogen-bond acceptors (Lipinski definition) is 15. The molecule has 0 aliphatic carbocycles. The van der Waals surface area contributed by atoms with Crippen LogP contribution in [0.3, 0.4) is 0 Å². The van der Waals surface area contributed by atoms with Crippen LogP contribution in [0.2, 0.25) is 0 Å². The summed E-state index contributed by atoms with van der Waals surface area (Å²) in [7, 11) is 0. The van der Waals surface area contributed by atoms with Gasteiger partial charge in [0, 0.05) is 20.0 Å². The molecule has 18 nitrogen and oxygen atoms in total. The summed E-state index contributed by atoms with van der Waals surface area (Å²) in [6.45, 7) is 3.48. The number of unbranched alkanes of at least 4 members (excludes halogenated alkanes) is 1. The van der Waals surface area contributed by atoms with Gasteiger partial charge in [0.15, 0.2) is 12.6 Å². The summed E-state index contributed by atoms with van der Waals surface area (Å²) in [4.78, 5) is 35.5. The van der Waals surface area contributed by atoms with Crippen LogP contribution in [0.1, 0.15) is 19.8 Å². The molecule has 18 heteroatoms. The van der Waals surface area contributed by atoms with Crippen LogP contribution in [-0.4, -0.2) is 149 Å². The van der Waals surface area contributed by atoms with E-state index < -0.39 is 98.6 Å². The fourth-order valence-electron chi connectivity index (χ4n) is 4.34. The Labute approximate surface area is 240 Å². The molecule has 8 N–H and O–H groups in total. The van der Waals surface area contributed by atoms with E-state index in [0.717, 1.165) is 6.92 Å². The maximum absolute atomic E-state index is 12.3. The summed E-state index contributed by atoms with van der Waals surface area (Å²) in [5.74, 6) is -3.71. The number of carbonyl (C=O) groups is 3. The molecular formula is C24H38N2O16. The number of amides is 2. The quantitative estimate of drug-likeness (QED) is 0.0758. The number of carboxylic acids is 1. The highest BCUT2D eigenvalue weighted by Gasteiger charge is 2.60. The summed E-state index contributed by atoms with van der Waals surface area (Å²) in [5.41, 5.74) is 0. The van der Waals surface area contributed by atoms with Gasteiger partial charge in [-0.15, -0.1) is 6.58 Å². The molecule has 3 aliphatic heterocycles. The fraction of sp³-hybridized carbons (Fsp3) is 0.792. The first-order valence-corrected chi connectivity index (χ1v) is 13.2. The van der Waals surface area contributed by atoms with Gasteiger partial charge in [-0.05, 0) is 12.8 Å². The van der Waals surface area contributed by atoms with Gasteiger partial charge in [0.2, 0.25) is 0 Å². The van der Waals surface area contributed by atoms with E-state index >= 15 is 0 Å². The summed E-state index contributed by atoms with van der Waals surface area (Å²) >= 11 is 0. The Morgan fingerprint density at radius 1 is 0.929 bits per heavy atom.